The number of nitrogens with one attached hydrogen (secondary N) is 1. The third kappa shape index (κ3) is 6.01. The van der Waals surface area contributed by atoms with Gasteiger partial charge in [0.05, 0.1) is 18.8 Å². The minimum Gasteiger partial charge on any atom is -0.496 e. The number of carboxylic acids is 1. The van der Waals surface area contributed by atoms with Crippen molar-refractivity contribution >= 4 is 16.0 Å². The van der Waals surface area contributed by atoms with Gasteiger partial charge in [0, 0.05) is 36.7 Å². The molecule has 9 heteroatoms. The summed E-state index contributed by atoms with van der Waals surface area (Å²) >= 11 is 0. The topological polar surface area (TPSA) is 122 Å². The highest BCUT2D eigenvalue weighted by atomic mass is 32.2. The number of benzene rings is 3. The van der Waals surface area contributed by atoms with E-state index in [-0.39, 0.29) is 29.7 Å². The minimum atomic E-state index is -3.69. The Morgan fingerprint density at radius 1 is 1.08 bits per heavy atom. The lowest BCUT2D eigenvalue weighted by atomic mass is 9.66. The molecule has 3 aromatic rings. The van der Waals surface area contributed by atoms with Crippen molar-refractivity contribution in [2.24, 2.45) is 17.0 Å². The molecule has 0 spiro atoms. The van der Waals surface area contributed by atoms with Crippen LogP contribution in [0.1, 0.15) is 34.6 Å². The fourth-order valence-corrected chi connectivity index (χ4v) is 7.20. The van der Waals surface area contributed by atoms with Gasteiger partial charge in [-0.25, -0.2) is 13.6 Å². The van der Waals surface area contributed by atoms with Crippen molar-refractivity contribution in [1.82, 2.24) is 10.2 Å². The van der Waals surface area contributed by atoms with Crippen LogP contribution in [0.15, 0.2) is 78.9 Å². The molecule has 0 aromatic heterocycles. The average molecular weight is 550 g/mol. The highest BCUT2D eigenvalue weighted by Gasteiger charge is 2.52. The summed E-state index contributed by atoms with van der Waals surface area (Å²) in [6.07, 6.45) is 0.796. The molecule has 3 fully saturated rings. The van der Waals surface area contributed by atoms with Crippen molar-refractivity contribution in [3.05, 3.63) is 101 Å². The number of ether oxygens (including phenoxy) is 1. The summed E-state index contributed by atoms with van der Waals surface area (Å²) in [4.78, 5) is 14.7. The lowest BCUT2D eigenvalue weighted by Gasteiger charge is -2.56. The van der Waals surface area contributed by atoms with Crippen molar-refractivity contribution in [3.8, 4) is 5.75 Å². The van der Waals surface area contributed by atoms with Crippen LogP contribution in [0.5, 0.6) is 5.75 Å². The van der Waals surface area contributed by atoms with Crippen LogP contribution in [-0.2, 0) is 27.1 Å². The number of piperidine rings is 3. The maximum absolute atomic E-state index is 12.3. The minimum absolute atomic E-state index is 0.0303. The number of hydrogen-bond acceptors (Lipinski definition) is 6. The summed E-state index contributed by atoms with van der Waals surface area (Å²) in [5.74, 6) is -0.869. The van der Waals surface area contributed by atoms with Gasteiger partial charge in [-0.15, -0.1) is 0 Å². The second kappa shape index (κ2) is 11.5. The fourth-order valence-electron chi connectivity index (χ4n) is 6.56. The highest BCUT2D eigenvalue weighted by Crippen LogP contribution is 2.44. The molecule has 3 saturated heterocycles. The van der Waals surface area contributed by atoms with E-state index in [0.29, 0.717) is 24.4 Å². The van der Waals surface area contributed by atoms with Crippen LogP contribution in [-0.4, -0.2) is 56.7 Å². The molecule has 0 amide bonds. The lowest BCUT2D eigenvalue weighted by Crippen LogP contribution is -2.68. The molecule has 2 unspecified atom stereocenters. The second-order valence-corrected chi connectivity index (χ2v) is 12.2. The van der Waals surface area contributed by atoms with Crippen LogP contribution in [0.2, 0.25) is 0 Å². The Kier molecular flexibility index (Phi) is 8.04. The predicted octanol–water partition coefficient (Wildman–Crippen LogP) is 3.18. The molecular weight excluding hydrogens is 514 g/mol. The van der Waals surface area contributed by atoms with E-state index in [9.17, 15) is 18.3 Å². The molecule has 3 aliphatic heterocycles. The monoisotopic (exact) mass is 549 g/mol. The Balaban J connectivity index is 1.53. The van der Waals surface area contributed by atoms with E-state index in [1.54, 1.807) is 25.3 Å². The molecule has 206 valence electrons. The smallest absolute Gasteiger partial charge is 0.308 e. The van der Waals surface area contributed by atoms with Crippen molar-refractivity contribution in [2.45, 2.75) is 36.7 Å². The number of rotatable bonds is 10. The van der Waals surface area contributed by atoms with Crippen LogP contribution < -0.4 is 15.2 Å². The van der Waals surface area contributed by atoms with Gasteiger partial charge in [-0.1, -0.05) is 66.7 Å². The molecule has 8 nitrogen and oxygen atoms in total. The van der Waals surface area contributed by atoms with Crippen LogP contribution in [0.25, 0.3) is 0 Å². The van der Waals surface area contributed by atoms with Gasteiger partial charge in [-0.3, -0.25) is 9.69 Å². The Hall–Kier alpha value is -3.24. The number of nitrogens with two attached hydrogens (primary N) is 1. The molecule has 3 heterocycles. The summed E-state index contributed by atoms with van der Waals surface area (Å²) in [6, 6.07) is 26.0. The molecule has 4 N–H and O–H groups in total. The largest absolute Gasteiger partial charge is 0.496 e. The molecule has 5 atom stereocenters. The zero-order chi connectivity index (χ0) is 27.6. The number of nitrogens with zero attached hydrogens (tertiary/aromatic N) is 1. The van der Waals surface area contributed by atoms with Crippen molar-refractivity contribution in [3.63, 3.8) is 0 Å². The van der Waals surface area contributed by atoms with E-state index in [0.717, 1.165) is 18.5 Å². The van der Waals surface area contributed by atoms with Gasteiger partial charge in [0.1, 0.15) is 5.75 Å². The Morgan fingerprint density at radius 3 is 2.28 bits per heavy atom. The van der Waals surface area contributed by atoms with E-state index >= 15 is 0 Å². The maximum atomic E-state index is 12.3. The molecule has 0 radical (unpaired) electrons. The molecule has 0 aliphatic carbocycles. The van der Waals surface area contributed by atoms with Crippen LogP contribution in [0.4, 0.5) is 0 Å². The molecular formula is C30H35N3O5S. The van der Waals surface area contributed by atoms with Crippen LogP contribution >= 0.6 is 0 Å². The van der Waals surface area contributed by atoms with E-state index in [1.807, 2.05) is 36.4 Å². The van der Waals surface area contributed by atoms with Gasteiger partial charge in [0.2, 0.25) is 10.0 Å². The lowest BCUT2D eigenvalue weighted by molar-refractivity contribution is -0.152. The van der Waals surface area contributed by atoms with E-state index in [1.165, 1.54) is 11.1 Å². The normalized spacial score (nSPS) is 24.5. The summed E-state index contributed by atoms with van der Waals surface area (Å²) in [6.45, 7) is 1.77. The summed E-state index contributed by atoms with van der Waals surface area (Å²) < 4.78 is 29.0. The SMILES string of the molecule is COc1ccc(CS(N)(=O)=O)cc1CNC1[C@H](C(c2ccccc2)c2ccccc2)N2CC[C@H]1[C@@H](C(=O)O)C2. The zero-order valence-corrected chi connectivity index (χ0v) is 22.8. The van der Waals surface area contributed by atoms with Crippen molar-refractivity contribution in [2.75, 3.05) is 20.2 Å². The fraction of sp³-hybridized carbons (Fsp3) is 0.367. The molecule has 3 aliphatic rings. The average Bonchev–Trinajstić information content (AvgIpc) is 2.93. The first-order chi connectivity index (χ1) is 18.7. The predicted molar refractivity (Wildman–Crippen MR) is 150 cm³/mol. The maximum Gasteiger partial charge on any atom is 0.308 e. The van der Waals surface area contributed by atoms with E-state index < -0.39 is 21.9 Å². The third-order valence-corrected chi connectivity index (χ3v) is 8.90. The van der Waals surface area contributed by atoms with E-state index in [2.05, 4.69) is 34.5 Å². The quantitative estimate of drug-likeness (QED) is 0.355. The zero-order valence-electron chi connectivity index (χ0n) is 21.9. The van der Waals surface area contributed by atoms with Gasteiger partial charge < -0.3 is 15.2 Å². The highest BCUT2D eigenvalue weighted by molar-refractivity contribution is 7.88. The number of sulfonamides is 1. The number of methoxy groups -OCH3 is 1. The van der Waals surface area contributed by atoms with Gasteiger partial charge in [-0.2, -0.15) is 0 Å². The first-order valence-corrected chi connectivity index (χ1v) is 14.9. The third-order valence-electron chi connectivity index (χ3n) is 8.17. The summed E-state index contributed by atoms with van der Waals surface area (Å²) in [7, 11) is -2.11. The first-order valence-electron chi connectivity index (χ1n) is 13.2. The number of hydrogen-bond donors (Lipinski definition) is 3. The Morgan fingerprint density at radius 2 is 1.72 bits per heavy atom. The Labute approximate surface area is 229 Å². The molecule has 6 rings (SSSR count). The van der Waals surface area contributed by atoms with Crippen LogP contribution in [0, 0.1) is 11.8 Å². The number of aliphatic carboxylic acids is 1. The van der Waals surface area contributed by atoms with E-state index in [4.69, 9.17) is 9.88 Å². The number of primary sulfonamides is 1. The van der Waals surface area contributed by atoms with Crippen molar-refractivity contribution < 1.29 is 23.1 Å². The molecule has 3 aromatic carbocycles. The number of carbonyl (C=O) groups is 1. The summed E-state index contributed by atoms with van der Waals surface area (Å²) in [5.41, 5.74) is 3.76. The molecule has 2 bridgehead atoms. The van der Waals surface area contributed by atoms with Gasteiger partial charge in [0.25, 0.3) is 0 Å². The van der Waals surface area contributed by atoms with Gasteiger partial charge >= 0.3 is 5.97 Å². The van der Waals surface area contributed by atoms with Crippen molar-refractivity contribution in [1.29, 1.82) is 0 Å². The summed E-state index contributed by atoms with van der Waals surface area (Å²) in [5, 5.41) is 19.1. The molecule has 0 saturated carbocycles. The Bertz CT molecular complexity index is 1360. The number of carboxylic acid groups (broad SMARTS) is 1. The van der Waals surface area contributed by atoms with Gasteiger partial charge in [0.15, 0.2) is 0 Å². The van der Waals surface area contributed by atoms with Crippen LogP contribution in [0.3, 0.4) is 0 Å². The molecule has 39 heavy (non-hydrogen) atoms. The first kappa shape index (κ1) is 27.3. The van der Waals surface area contributed by atoms with Gasteiger partial charge in [-0.05, 0) is 47.7 Å². The standard InChI is InChI=1S/C30H35N3O5S/c1-38-26-13-12-20(19-39(31,36)37)16-23(26)17-32-28-24-14-15-33(18-25(24)30(34)35)29(28)27(21-8-4-2-5-9-21)22-10-6-3-7-11-22/h2-13,16,24-25,27-29,32H,14-15,17-19H2,1H3,(H,34,35)(H2,31,36,37)/t24-,25-,28?,29-/m0/s1. The second-order valence-electron chi connectivity index (χ2n) is 10.5. The number of fused-ring (bicyclic) bond motifs is 3.